The summed E-state index contributed by atoms with van der Waals surface area (Å²) in [6.45, 7) is 4.28. The van der Waals surface area contributed by atoms with Crippen molar-refractivity contribution >= 4 is 5.69 Å². The highest BCUT2D eigenvalue weighted by atomic mass is 16.5. The van der Waals surface area contributed by atoms with E-state index in [-0.39, 0.29) is 6.23 Å². The molecule has 0 saturated heterocycles. The zero-order chi connectivity index (χ0) is 8.55. The van der Waals surface area contributed by atoms with Crippen LogP contribution in [0.3, 0.4) is 0 Å². The molecule has 0 aliphatic carbocycles. The quantitative estimate of drug-likeness (QED) is 0.686. The van der Waals surface area contributed by atoms with Gasteiger partial charge in [0.15, 0.2) is 6.23 Å². The van der Waals surface area contributed by atoms with Crippen LogP contribution in [0.4, 0.5) is 5.69 Å². The number of benzene rings is 1. The first-order valence-corrected chi connectivity index (χ1v) is 4.29. The monoisotopic (exact) mass is 163 g/mol. The molecule has 1 aliphatic heterocycles. The van der Waals surface area contributed by atoms with Crippen LogP contribution in [0.25, 0.3) is 0 Å². The molecule has 0 radical (unpaired) electrons. The van der Waals surface area contributed by atoms with Gasteiger partial charge in [0, 0.05) is 5.92 Å². The first-order chi connectivity index (χ1) is 5.77. The highest BCUT2D eigenvalue weighted by Gasteiger charge is 2.23. The van der Waals surface area contributed by atoms with E-state index in [2.05, 4.69) is 19.2 Å². The van der Waals surface area contributed by atoms with E-state index in [9.17, 15) is 0 Å². The van der Waals surface area contributed by atoms with Gasteiger partial charge in [0.2, 0.25) is 0 Å². The fourth-order valence-electron chi connectivity index (χ4n) is 1.31. The Balaban J connectivity index is 2.22. The number of rotatable bonds is 1. The Kier molecular flexibility index (Phi) is 1.68. The Bertz CT molecular complexity index is 258. The fourth-order valence-corrected chi connectivity index (χ4v) is 1.31. The number of para-hydroxylation sites is 2. The lowest BCUT2D eigenvalue weighted by molar-refractivity contribution is 0.199. The van der Waals surface area contributed by atoms with Gasteiger partial charge in [0.1, 0.15) is 5.75 Å². The van der Waals surface area contributed by atoms with Crippen LogP contribution in [0.1, 0.15) is 13.8 Å². The summed E-state index contributed by atoms with van der Waals surface area (Å²) >= 11 is 0. The maximum absolute atomic E-state index is 5.66. The van der Waals surface area contributed by atoms with E-state index in [1.165, 1.54) is 0 Å². The summed E-state index contributed by atoms with van der Waals surface area (Å²) in [4.78, 5) is 0. The molecule has 0 fully saturated rings. The standard InChI is InChI=1S/C10H13NO/c1-7(2)10-11-8-5-3-4-6-9(8)12-10/h3-7,10-11H,1-2H3. The van der Waals surface area contributed by atoms with E-state index in [1.807, 2.05) is 24.3 Å². The third kappa shape index (κ3) is 1.13. The van der Waals surface area contributed by atoms with Gasteiger partial charge >= 0.3 is 0 Å². The molecule has 2 rings (SSSR count). The number of ether oxygens (including phenoxy) is 1. The number of hydrogen-bond donors (Lipinski definition) is 1. The first-order valence-electron chi connectivity index (χ1n) is 4.29. The number of nitrogens with one attached hydrogen (secondary N) is 1. The van der Waals surface area contributed by atoms with Crippen LogP contribution in [-0.2, 0) is 0 Å². The van der Waals surface area contributed by atoms with Crippen LogP contribution in [0.15, 0.2) is 24.3 Å². The minimum Gasteiger partial charge on any atom is -0.468 e. The average molecular weight is 163 g/mol. The Morgan fingerprint density at radius 3 is 2.75 bits per heavy atom. The molecule has 1 heterocycles. The zero-order valence-electron chi connectivity index (χ0n) is 7.37. The smallest absolute Gasteiger partial charge is 0.172 e. The third-order valence-corrected chi connectivity index (χ3v) is 2.04. The molecule has 64 valence electrons. The van der Waals surface area contributed by atoms with E-state index in [0.29, 0.717) is 5.92 Å². The molecule has 0 aromatic heterocycles. The molecular formula is C10H13NO. The van der Waals surface area contributed by atoms with Gasteiger partial charge in [-0.1, -0.05) is 26.0 Å². The lowest BCUT2D eigenvalue weighted by Crippen LogP contribution is -2.26. The second-order valence-electron chi connectivity index (χ2n) is 3.42. The highest BCUT2D eigenvalue weighted by molar-refractivity contribution is 5.59. The first kappa shape index (κ1) is 7.47. The van der Waals surface area contributed by atoms with Crippen LogP contribution in [0, 0.1) is 5.92 Å². The summed E-state index contributed by atoms with van der Waals surface area (Å²) in [7, 11) is 0. The Labute approximate surface area is 72.5 Å². The SMILES string of the molecule is CC(C)C1Nc2ccccc2O1. The second-order valence-corrected chi connectivity index (χ2v) is 3.42. The van der Waals surface area contributed by atoms with Crippen molar-refractivity contribution in [1.29, 1.82) is 0 Å². The zero-order valence-corrected chi connectivity index (χ0v) is 7.37. The van der Waals surface area contributed by atoms with E-state index in [0.717, 1.165) is 11.4 Å². The second kappa shape index (κ2) is 2.70. The van der Waals surface area contributed by atoms with Crippen LogP contribution in [0.2, 0.25) is 0 Å². The maximum atomic E-state index is 5.66. The molecule has 2 heteroatoms. The minimum absolute atomic E-state index is 0.141. The molecule has 0 amide bonds. The molecule has 0 spiro atoms. The molecule has 0 bridgehead atoms. The van der Waals surface area contributed by atoms with Crippen LogP contribution in [0.5, 0.6) is 5.75 Å². The van der Waals surface area contributed by atoms with Gasteiger partial charge in [-0.25, -0.2) is 0 Å². The maximum Gasteiger partial charge on any atom is 0.172 e. The van der Waals surface area contributed by atoms with Gasteiger partial charge in [-0.15, -0.1) is 0 Å². The number of anilines is 1. The molecule has 12 heavy (non-hydrogen) atoms. The molecule has 1 aromatic carbocycles. The fraction of sp³-hybridized carbons (Fsp3) is 0.400. The lowest BCUT2D eigenvalue weighted by Gasteiger charge is -2.14. The van der Waals surface area contributed by atoms with Crippen molar-refractivity contribution in [3.05, 3.63) is 24.3 Å². The predicted molar refractivity (Wildman–Crippen MR) is 49.3 cm³/mol. The molecule has 0 saturated carbocycles. The molecule has 1 aromatic rings. The molecule has 1 N–H and O–H groups in total. The molecule has 1 aliphatic rings. The van der Waals surface area contributed by atoms with Gasteiger partial charge in [-0.3, -0.25) is 0 Å². The molecular weight excluding hydrogens is 150 g/mol. The van der Waals surface area contributed by atoms with Crippen molar-refractivity contribution in [1.82, 2.24) is 0 Å². The summed E-state index contributed by atoms with van der Waals surface area (Å²) in [5, 5.41) is 3.31. The number of hydrogen-bond acceptors (Lipinski definition) is 2. The van der Waals surface area contributed by atoms with Crippen molar-refractivity contribution in [3.63, 3.8) is 0 Å². The summed E-state index contributed by atoms with van der Waals surface area (Å²) < 4.78 is 5.66. The van der Waals surface area contributed by atoms with E-state index in [1.54, 1.807) is 0 Å². The molecule has 1 unspecified atom stereocenters. The Morgan fingerprint density at radius 2 is 2.08 bits per heavy atom. The van der Waals surface area contributed by atoms with Gasteiger partial charge in [0.05, 0.1) is 5.69 Å². The third-order valence-electron chi connectivity index (χ3n) is 2.04. The predicted octanol–water partition coefficient (Wildman–Crippen LogP) is 2.47. The topological polar surface area (TPSA) is 21.3 Å². The van der Waals surface area contributed by atoms with Crippen molar-refractivity contribution in [2.75, 3.05) is 5.32 Å². The Morgan fingerprint density at radius 1 is 1.33 bits per heavy atom. The molecule has 1 atom stereocenters. The van der Waals surface area contributed by atoms with Gasteiger partial charge in [0.25, 0.3) is 0 Å². The van der Waals surface area contributed by atoms with E-state index < -0.39 is 0 Å². The van der Waals surface area contributed by atoms with Crippen molar-refractivity contribution in [3.8, 4) is 5.75 Å². The molecule has 2 nitrogen and oxygen atoms in total. The Hall–Kier alpha value is -1.18. The summed E-state index contributed by atoms with van der Waals surface area (Å²) in [6, 6.07) is 8.03. The van der Waals surface area contributed by atoms with Gasteiger partial charge < -0.3 is 10.1 Å². The largest absolute Gasteiger partial charge is 0.468 e. The number of fused-ring (bicyclic) bond motifs is 1. The van der Waals surface area contributed by atoms with Crippen LogP contribution < -0.4 is 10.1 Å². The van der Waals surface area contributed by atoms with Gasteiger partial charge in [-0.2, -0.15) is 0 Å². The average Bonchev–Trinajstić information content (AvgIpc) is 2.46. The van der Waals surface area contributed by atoms with Crippen molar-refractivity contribution in [2.24, 2.45) is 5.92 Å². The van der Waals surface area contributed by atoms with Crippen molar-refractivity contribution < 1.29 is 4.74 Å². The highest BCUT2D eigenvalue weighted by Crippen LogP contribution is 2.32. The lowest BCUT2D eigenvalue weighted by atomic mass is 10.2. The van der Waals surface area contributed by atoms with E-state index >= 15 is 0 Å². The van der Waals surface area contributed by atoms with E-state index in [4.69, 9.17) is 4.74 Å². The van der Waals surface area contributed by atoms with Crippen LogP contribution >= 0.6 is 0 Å². The van der Waals surface area contributed by atoms with Crippen molar-refractivity contribution in [2.45, 2.75) is 20.1 Å². The summed E-state index contributed by atoms with van der Waals surface area (Å²) in [6.07, 6.45) is 0.141. The minimum atomic E-state index is 0.141. The normalized spacial score (nSPS) is 20.1. The summed E-state index contributed by atoms with van der Waals surface area (Å²) in [5.74, 6) is 1.47. The summed E-state index contributed by atoms with van der Waals surface area (Å²) in [5.41, 5.74) is 1.11. The van der Waals surface area contributed by atoms with Crippen LogP contribution in [-0.4, -0.2) is 6.23 Å². The van der Waals surface area contributed by atoms with Gasteiger partial charge in [-0.05, 0) is 12.1 Å².